The number of ether oxygens (including phenoxy) is 2. The molecule has 1 heterocycles. The Morgan fingerprint density at radius 2 is 1.69 bits per heavy atom. The van der Waals surface area contributed by atoms with Crippen molar-refractivity contribution in [3.63, 3.8) is 0 Å². The van der Waals surface area contributed by atoms with Gasteiger partial charge in [0.15, 0.2) is 0 Å². The Bertz CT molecular complexity index is 825. The zero-order chi connectivity index (χ0) is 21.2. The van der Waals surface area contributed by atoms with E-state index in [4.69, 9.17) is 21.1 Å². The van der Waals surface area contributed by atoms with Gasteiger partial charge >= 0.3 is 0 Å². The second-order valence-corrected chi connectivity index (χ2v) is 7.70. The lowest BCUT2D eigenvalue weighted by Gasteiger charge is -2.47. The Balaban J connectivity index is 1.97. The molecule has 0 spiro atoms. The molecule has 1 fully saturated rings. The molecule has 7 heteroatoms. The molecular weight excluding hydrogens is 396 g/mol. The molecule has 1 unspecified atom stereocenters. The molecule has 2 aromatic rings. The third kappa shape index (κ3) is 4.20. The standard InChI is InChI=1S/C22H27ClO6/c1-3-13-4-6-14(7-5-13)10-15-11-16(8-9-17(15)23)22(28-2)21(27)20(26)19(25)18(12-24)29-22/h4-9,11,18-21,24-27H,3,10,12H2,1-2H3/t18-,19-,20+,21-,22?/m1/s1. The van der Waals surface area contributed by atoms with E-state index in [1.807, 2.05) is 12.1 Å². The smallest absolute Gasteiger partial charge is 0.224 e. The molecule has 3 rings (SSSR count). The number of methoxy groups -OCH3 is 1. The summed E-state index contributed by atoms with van der Waals surface area (Å²) in [6, 6.07) is 13.3. The second-order valence-electron chi connectivity index (χ2n) is 7.29. The highest BCUT2D eigenvalue weighted by molar-refractivity contribution is 6.31. The first-order valence-electron chi connectivity index (χ1n) is 9.61. The van der Waals surface area contributed by atoms with Crippen molar-refractivity contribution in [3.05, 3.63) is 69.7 Å². The van der Waals surface area contributed by atoms with Gasteiger partial charge in [-0.05, 0) is 41.7 Å². The average molecular weight is 423 g/mol. The molecule has 0 aromatic heterocycles. The highest BCUT2D eigenvalue weighted by Gasteiger charge is 2.55. The van der Waals surface area contributed by atoms with Gasteiger partial charge in [-0.25, -0.2) is 0 Å². The summed E-state index contributed by atoms with van der Waals surface area (Å²) in [5.74, 6) is -1.75. The molecule has 0 aliphatic carbocycles. The van der Waals surface area contributed by atoms with Crippen LogP contribution >= 0.6 is 11.6 Å². The Hall–Kier alpha value is -1.51. The monoisotopic (exact) mass is 422 g/mol. The van der Waals surface area contributed by atoms with Crippen molar-refractivity contribution >= 4 is 11.6 Å². The SMILES string of the molecule is CCc1ccc(Cc2cc(C3(OC)O[C@H](CO)[C@@H](O)[C@H](O)[C@H]3O)ccc2Cl)cc1. The van der Waals surface area contributed by atoms with Crippen molar-refractivity contribution in [2.24, 2.45) is 0 Å². The highest BCUT2D eigenvalue weighted by atomic mass is 35.5. The molecule has 0 radical (unpaired) electrons. The molecule has 4 N–H and O–H groups in total. The summed E-state index contributed by atoms with van der Waals surface area (Å²) in [6.07, 6.45) is -4.16. The summed E-state index contributed by atoms with van der Waals surface area (Å²) < 4.78 is 11.3. The van der Waals surface area contributed by atoms with Crippen LogP contribution in [-0.2, 0) is 28.1 Å². The third-order valence-electron chi connectivity index (χ3n) is 5.53. The lowest BCUT2D eigenvalue weighted by molar-refractivity contribution is -0.366. The minimum Gasteiger partial charge on any atom is -0.394 e. The van der Waals surface area contributed by atoms with Gasteiger partial charge in [-0.1, -0.05) is 48.9 Å². The summed E-state index contributed by atoms with van der Waals surface area (Å²) in [7, 11) is 1.33. The second kappa shape index (κ2) is 9.10. The van der Waals surface area contributed by atoms with Crippen molar-refractivity contribution in [2.45, 2.75) is 50.0 Å². The Morgan fingerprint density at radius 1 is 1.03 bits per heavy atom. The first kappa shape index (κ1) is 22.2. The summed E-state index contributed by atoms with van der Waals surface area (Å²) in [6.45, 7) is 1.56. The maximum absolute atomic E-state index is 10.7. The summed E-state index contributed by atoms with van der Waals surface area (Å²) in [4.78, 5) is 0. The van der Waals surface area contributed by atoms with Gasteiger partial charge in [0.25, 0.3) is 0 Å². The van der Waals surface area contributed by atoms with Crippen LogP contribution in [0.15, 0.2) is 42.5 Å². The van der Waals surface area contributed by atoms with Gasteiger partial charge in [0.2, 0.25) is 5.79 Å². The topological polar surface area (TPSA) is 99.4 Å². The Morgan fingerprint density at radius 3 is 2.28 bits per heavy atom. The molecule has 1 aliphatic heterocycles. The number of aliphatic hydroxyl groups is 4. The summed E-state index contributed by atoms with van der Waals surface area (Å²) >= 11 is 6.40. The van der Waals surface area contributed by atoms with Crippen LogP contribution in [0.25, 0.3) is 0 Å². The molecular formula is C22H27ClO6. The van der Waals surface area contributed by atoms with Crippen LogP contribution in [0.2, 0.25) is 5.02 Å². The molecule has 158 valence electrons. The van der Waals surface area contributed by atoms with Gasteiger partial charge in [0.1, 0.15) is 24.4 Å². The van der Waals surface area contributed by atoms with E-state index in [0.29, 0.717) is 17.0 Å². The number of aliphatic hydroxyl groups excluding tert-OH is 4. The van der Waals surface area contributed by atoms with Crippen molar-refractivity contribution < 1.29 is 29.9 Å². The fourth-order valence-corrected chi connectivity index (χ4v) is 3.89. The van der Waals surface area contributed by atoms with Crippen LogP contribution < -0.4 is 0 Å². The van der Waals surface area contributed by atoms with Crippen LogP contribution in [0, 0.1) is 0 Å². The van der Waals surface area contributed by atoms with Gasteiger partial charge in [0.05, 0.1) is 6.61 Å². The molecule has 2 aromatic carbocycles. The number of hydrogen-bond donors (Lipinski definition) is 4. The van der Waals surface area contributed by atoms with Gasteiger partial charge in [-0.3, -0.25) is 0 Å². The molecule has 0 amide bonds. The van der Waals surface area contributed by atoms with Gasteiger partial charge in [0, 0.05) is 17.7 Å². The first-order chi connectivity index (χ1) is 13.9. The zero-order valence-corrected chi connectivity index (χ0v) is 17.2. The van der Waals surface area contributed by atoms with E-state index in [9.17, 15) is 20.4 Å². The van der Waals surface area contributed by atoms with Gasteiger partial charge in [-0.2, -0.15) is 0 Å². The van der Waals surface area contributed by atoms with Gasteiger partial charge < -0.3 is 29.9 Å². The van der Waals surface area contributed by atoms with Crippen molar-refractivity contribution in [3.8, 4) is 0 Å². The Labute approximate surface area is 175 Å². The van der Waals surface area contributed by atoms with Crippen molar-refractivity contribution in [1.82, 2.24) is 0 Å². The van der Waals surface area contributed by atoms with E-state index in [2.05, 4.69) is 19.1 Å². The van der Waals surface area contributed by atoms with Crippen LogP contribution in [0.3, 0.4) is 0 Å². The van der Waals surface area contributed by atoms with E-state index in [1.54, 1.807) is 18.2 Å². The quantitative estimate of drug-likeness (QED) is 0.566. The fraction of sp³-hybridized carbons (Fsp3) is 0.455. The van der Waals surface area contributed by atoms with E-state index >= 15 is 0 Å². The highest BCUT2D eigenvalue weighted by Crippen LogP contribution is 2.40. The van der Waals surface area contributed by atoms with E-state index < -0.39 is 36.8 Å². The molecule has 1 aliphatic rings. The van der Waals surface area contributed by atoms with Crippen molar-refractivity contribution in [1.29, 1.82) is 0 Å². The zero-order valence-electron chi connectivity index (χ0n) is 16.5. The number of aryl methyl sites for hydroxylation is 1. The maximum Gasteiger partial charge on any atom is 0.224 e. The summed E-state index contributed by atoms with van der Waals surface area (Å²) in [5, 5.41) is 41.1. The summed E-state index contributed by atoms with van der Waals surface area (Å²) in [5.41, 5.74) is 3.54. The number of rotatable bonds is 6. The van der Waals surface area contributed by atoms with E-state index in [0.717, 1.165) is 17.5 Å². The van der Waals surface area contributed by atoms with Crippen LogP contribution in [0.5, 0.6) is 0 Å². The minimum absolute atomic E-state index is 0.432. The lowest BCUT2D eigenvalue weighted by Crippen LogP contribution is -2.64. The predicted molar refractivity (Wildman–Crippen MR) is 109 cm³/mol. The Kier molecular flexibility index (Phi) is 6.96. The van der Waals surface area contributed by atoms with E-state index in [1.165, 1.54) is 12.7 Å². The van der Waals surface area contributed by atoms with Crippen LogP contribution in [0.1, 0.15) is 29.2 Å². The fourth-order valence-electron chi connectivity index (χ4n) is 3.71. The third-order valence-corrected chi connectivity index (χ3v) is 5.90. The van der Waals surface area contributed by atoms with Crippen LogP contribution in [0.4, 0.5) is 0 Å². The molecule has 29 heavy (non-hydrogen) atoms. The lowest BCUT2D eigenvalue weighted by atomic mass is 9.87. The largest absolute Gasteiger partial charge is 0.394 e. The molecule has 1 saturated heterocycles. The first-order valence-corrected chi connectivity index (χ1v) is 9.98. The van der Waals surface area contributed by atoms with Gasteiger partial charge in [-0.15, -0.1) is 0 Å². The number of benzene rings is 2. The molecule has 5 atom stereocenters. The van der Waals surface area contributed by atoms with Crippen LogP contribution in [-0.4, -0.2) is 58.6 Å². The number of halogens is 1. The number of hydrogen-bond acceptors (Lipinski definition) is 6. The molecule has 0 bridgehead atoms. The normalized spacial score (nSPS) is 29.8. The van der Waals surface area contributed by atoms with Crippen molar-refractivity contribution in [2.75, 3.05) is 13.7 Å². The molecule has 0 saturated carbocycles. The van der Waals surface area contributed by atoms with E-state index in [-0.39, 0.29) is 0 Å². The minimum atomic E-state index is -1.75. The maximum atomic E-state index is 10.7. The predicted octanol–water partition coefficient (Wildman–Crippen LogP) is 1.77. The molecule has 6 nitrogen and oxygen atoms in total. The average Bonchev–Trinajstić information content (AvgIpc) is 2.75.